The van der Waals surface area contributed by atoms with Gasteiger partial charge in [0.25, 0.3) is 0 Å². The molecule has 1 atom stereocenters. The molecular formula is C18H23F3N4O. The summed E-state index contributed by atoms with van der Waals surface area (Å²) in [6.45, 7) is 7.36. The van der Waals surface area contributed by atoms with Crippen LogP contribution in [0.2, 0.25) is 0 Å². The van der Waals surface area contributed by atoms with Gasteiger partial charge in [-0.2, -0.15) is 13.2 Å². The Labute approximate surface area is 150 Å². The van der Waals surface area contributed by atoms with E-state index in [4.69, 9.17) is 10.5 Å². The van der Waals surface area contributed by atoms with Crippen molar-refractivity contribution in [3.05, 3.63) is 35.9 Å². The summed E-state index contributed by atoms with van der Waals surface area (Å²) in [4.78, 5) is 11.8. The molecule has 0 bridgehead atoms. The molecule has 2 rings (SSSR count). The molecule has 0 aliphatic rings. The van der Waals surface area contributed by atoms with Crippen molar-refractivity contribution in [2.24, 2.45) is 11.7 Å². The van der Waals surface area contributed by atoms with Gasteiger partial charge in [-0.05, 0) is 44.4 Å². The first-order valence-electron chi connectivity index (χ1n) is 8.28. The Bertz CT molecular complexity index is 760. The van der Waals surface area contributed by atoms with E-state index in [0.29, 0.717) is 23.9 Å². The molecule has 0 aromatic carbocycles. The first kappa shape index (κ1) is 20.1. The Morgan fingerprint density at radius 3 is 2.35 bits per heavy atom. The average Bonchev–Trinajstić information content (AvgIpc) is 2.51. The summed E-state index contributed by atoms with van der Waals surface area (Å²) in [6.07, 6.45) is -2.56. The molecule has 2 N–H and O–H groups in total. The third-order valence-corrected chi connectivity index (χ3v) is 3.60. The van der Waals surface area contributed by atoms with Gasteiger partial charge in [0, 0.05) is 11.7 Å². The molecule has 0 saturated carbocycles. The fourth-order valence-corrected chi connectivity index (χ4v) is 2.74. The molecule has 0 fully saturated rings. The third-order valence-electron chi connectivity index (χ3n) is 3.60. The van der Waals surface area contributed by atoms with Crippen molar-refractivity contribution in [1.82, 2.24) is 15.0 Å². The number of nitrogens with zero attached hydrogens (tertiary/aromatic N) is 3. The molecule has 0 radical (unpaired) electrons. The summed E-state index contributed by atoms with van der Waals surface area (Å²) < 4.78 is 45.7. The SMILES string of the molecule is Cc1nccc(-c2ccc(OCC(C)(N)CC(C)C)c(C(F)(F)F)n2)n1. The number of alkyl halides is 3. The Hall–Kier alpha value is -2.22. The second kappa shape index (κ2) is 7.57. The van der Waals surface area contributed by atoms with Crippen molar-refractivity contribution < 1.29 is 17.9 Å². The first-order chi connectivity index (χ1) is 12.0. The van der Waals surface area contributed by atoms with Gasteiger partial charge in [0.1, 0.15) is 18.2 Å². The minimum atomic E-state index is -4.66. The zero-order valence-electron chi connectivity index (χ0n) is 15.3. The molecule has 2 heterocycles. The lowest BCUT2D eigenvalue weighted by Gasteiger charge is -2.27. The van der Waals surface area contributed by atoms with Crippen LogP contribution in [0.4, 0.5) is 13.2 Å². The highest BCUT2D eigenvalue weighted by molar-refractivity contribution is 5.55. The van der Waals surface area contributed by atoms with Gasteiger partial charge in [-0.3, -0.25) is 0 Å². The Balaban J connectivity index is 2.32. The smallest absolute Gasteiger partial charge is 0.437 e. The van der Waals surface area contributed by atoms with Crippen molar-refractivity contribution in [3.8, 4) is 17.1 Å². The van der Waals surface area contributed by atoms with Gasteiger partial charge in [0.2, 0.25) is 0 Å². The Morgan fingerprint density at radius 1 is 1.12 bits per heavy atom. The van der Waals surface area contributed by atoms with Crippen LogP contribution in [0.5, 0.6) is 5.75 Å². The molecule has 8 heteroatoms. The lowest BCUT2D eigenvalue weighted by atomic mass is 9.93. The lowest BCUT2D eigenvalue weighted by molar-refractivity contribution is -0.142. The Kier molecular flexibility index (Phi) is 5.85. The molecule has 0 amide bonds. The van der Waals surface area contributed by atoms with E-state index in [1.165, 1.54) is 24.4 Å². The summed E-state index contributed by atoms with van der Waals surface area (Å²) in [5, 5.41) is 0. The lowest BCUT2D eigenvalue weighted by Crippen LogP contribution is -2.43. The van der Waals surface area contributed by atoms with E-state index in [1.54, 1.807) is 13.8 Å². The fourth-order valence-electron chi connectivity index (χ4n) is 2.74. The van der Waals surface area contributed by atoms with Crippen LogP contribution in [0, 0.1) is 12.8 Å². The summed E-state index contributed by atoms with van der Waals surface area (Å²) in [5.74, 6) is 0.412. The number of hydrogen-bond donors (Lipinski definition) is 1. The van der Waals surface area contributed by atoms with Gasteiger partial charge < -0.3 is 10.5 Å². The van der Waals surface area contributed by atoms with Gasteiger partial charge in [0.05, 0.1) is 11.4 Å². The number of ether oxygens (including phenoxy) is 1. The maximum Gasteiger partial charge on any atom is 0.437 e. The van der Waals surface area contributed by atoms with E-state index in [0.717, 1.165) is 0 Å². The average molecular weight is 368 g/mol. The maximum absolute atomic E-state index is 13.4. The largest absolute Gasteiger partial charge is 0.489 e. The van der Waals surface area contributed by atoms with E-state index in [-0.39, 0.29) is 18.1 Å². The van der Waals surface area contributed by atoms with Gasteiger partial charge in [0.15, 0.2) is 5.69 Å². The molecule has 0 spiro atoms. The van der Waals surface area contributed by atoms with E-state index >= 15 is 0 Å². The third kappa shape index (κ3) is 5.39. The monoisotopic (exact) mass is 368 g/mol. The number of aryl methyl sites for hydroxylation is 1. The predicted octanol–water partition coefficient (Wildman–Crippen LogP) is 4.01. The number of nitrogens with two attached hydrogens (primary N) is 1. The van der Waals surface area contributed by atoms with Crippen LogP contribution in [-0.4, -0.2) is 27.1 Å². The minimum absolute atomic E-state index is 0.0398. The van der Waals surface area contributed by atoms with Crippen LogP contribution in [0.15, 0.2) is 24.4 Å². The molecule has 2 aromatic rings. The fraction of sp³-hybridized carbons (Fsp3) is 0.500. The second-order valence-corrected chi connectivity index (χ2v) is 7.07. The number of rotatable bonds is 6. The zero-order chi connectivity index (χ0) is 19.5. The van der Waals surface area contributed by atoms with Crippen LogP contribution >= 0.6 is 0 Å². The highest BCUT2D eigenvalue weighted by Gasteiger charge is 2.37. The second-order valence-electron chi connectivity index (χ2n) is 7.07. The number of hydrogen-bond acceptors (Lipinski definition) is 5. The summed E-state index contributed by atoms with van der Waals surface area (Å²) in [6, 6.07) is 4.21. The molecule has 0 aliphatic carbocycles. The van der Waals surface area contributed by atoms with Gasteiger partial charge >= 0.3 is 6.18 Å². The van der Waals surface area contributed by atoms with Crippen LogP contribution in [-0.2, 0) is 6.18 Å². The van der Waals surface area contributed by atoms with E-state index in [9.17, 15) is 13.2 Å². The van der Waals surface area contributed by atoms with Crippen molar-refractivity contribution in [3.63, 3.8) is 0 Å². The molecule has 5 nitrogen and oxygen atoms in total. The van der Waals surface area contributed by atoms with Crippen LogP contribution in [0.3, 0.4) is 0 Å². The standard InChI is InChI=1S/C18H23F3N4O/c1-11(2)9-17(4,22)10-26-15-6-5-13(25-16(15)18(19,20)21)14-7-8-23-12(3)24-14/h5-8,11H,9-10,22H2,1-4H3. The molecule has 26 heavy (non-hydrogen) atoms. The van der Waals surface area contributed by atoms with Crippen molar-refractivity contribution >= 4 is 0 Å². The minimum Gasteiger partial charge on any atom is -0.489 e. The first-order valence-corrected chi connectivity index (χ1v) is 8.28. The topological polar surface area (TPSA) is 73.9 Å². The molecule has 0 saturated heterocycles. The summed E-state index contributed by atoms with van der Waals surface area (Å²) in [7, 11) is 0. The highest BCUT2D eigenvalue weighted by atomic mass is 19.4. The van der Waals surface area contributed by atoms with Crippen molar-refractivity contribution in [2.75, 3.05) is 6.61 Å². The predicted molar refractivity (Wildman–Crippen MR) is 92.5 cm³/mol. The quantitative estimate of drug-likeness (QED) is 0.834. The summed E-state index contributed by atoms with van der Waals surface area (Å²) >= 11 is 0. The number of aromatic nitrogens is 3. The van der Waals surface area contributed by atoms with Crippen molar-refractivity contribution in [2.45, 2.75) is 45.8 Å². The van der Waals surface area contributed by atoms with Gasteiger partial charge in [-0.1, -0.05) is 13.8 Å². The van der Waals surface area contributed by atoms with Crippen LogP contribution < -0.4 is 10.5 Å². The number of pyridine rings is 1. The zero-order valence-corrected chi connectivity index (χ0v) is 15.3. The van der Waals surface area contributed by atoms with Crippen molar-refractivity contribution in [1.29, 1.82) is 0 Å². The summed E-state index contributed by atoms with van der Waals surface area (Å²) in [5.41, 5.74) is 4.71. The van der Waals surface area contributed by atoms with Gasteiger partial charge in [-0.15, -0.1) is 0 Å². The van der Waals surface area contributed by atoms with Crippen LogP contribution in [0.25, 0.3) is 11.4 Å². The van der Waals surface area contributed by atoms with Gasteiger partial charge in [-0.25, -0.2) is 15.0 Å². The van der Waals surface area contributed by atoms with E-state index < -0.39 is 17.4 Å². The Morgan fingerprint density at radius 2 is 1.77 bits per heavy atom. The highest BCUT2D eigenvalue weighted by Crippen LogP contribution is 2.36. The van der Waals surface area contributed by atoms with Crippen LogP contribution in [0.1, 0.15) is 38.7 Å². The normalized spacial score (nSPS) is 14.3. The molecule has 142 valence electrons. The maximum atomic E-state index is 13.4. The number of halogens is 3. The molecule has 0 aliphatic heterocycles. The van der Waals surface area contributed by atoms with E-state index in [1.807, 2.05) is 13.8 Å². The van der Waals surface area contributed by atoms with E-state index in [2.05, 4.69) is 15.0 Å². The molecular weight excluding hydrogens is 345 g/mol. The molecule has 2 aromatic heterocycles. The molecule has 1 unspecified atom stereocenters.